The molecule has 1 aliphatic carbocycles. The van der Waals surface area contributed by atoms with Gasteiger partial charge in [0.1, 0.15) is 23.0 Å². The molecule has 12 heteroatoms. The molecule has 3 aliphatic rings. The maximum Gasteiger partial charge on any atom is 0.346 e. The molecule has 8 aromatic carbocycles. The van der Waals surface area contributed by atoms with E-state index in [1.165, 1.54) is 51.4 Å². The molecule has 11 rings (SSSR count). The van der Waals surface area contributed by atoms with E-state index in [4.69, 9.17) is 33.2 Å². The predicted octanol–water partition coefficient (Wildman–Crippen LogP) is 22.3. The van der Waals surface area contributed by atoms with Gasteiger partial charge in [0.05, 0.1) is 62.4 Å². The van der Waals surface area contributed by atoms with E-state index in [-0.39, 0.29) is 18.8 Å². The molecular formula is C80H88N2O9S. The van der Waals surface area contributed by atoms with Crippen molar-refractivity contribution in [2.24, 2.45) is 0 Å². The van der Waals surface area contributed by atoms with Crippen LogP contribution in [0, 0.1) is 0 Å². The Kier molecular flexibility index (Phi) is 22.3. The average molecular weight is 1250 g/mol. The van der Waals surface area contributed by atoms with Crippen molar-refractivity contribution in [2.45, 2.75) is 154 Å². The van der Waals surface area contributed by atoms with Crippen LogP contribution < -0.4 is 33.5 Å². The number of hydrogen-bond acceptors (Lipinski definition) is 12. The van der Waals surface area contributed by atoms with Gasteiger partial charge in [-0.25, -0.2) is 9.59 Å². The first-order chi connectivity index (χ1) is 45.2. The third-order valence-electron chi connectivity index (χ3n) is 17.2. The molecule has 92 heavy (non-hydrogen) atoms. The van der Waals surface area contributed by atoms with Crippen LogP contribution in [0.15, 0.2) is 173 Å². The van der Waals surface area contributed by atoms with Crippen molar-refractivity contribution in [1.29, 1.82) is 0 Å². The standard InChI is InChI=1S/C80H88N2O9S/c1-7-13-17-21-45-87-61-35-41-69-73(51-61)91-74-52-62(88-46-22-18-14-8-2)36-42-70(74)81(69)59-31-25-55(26-32-59)57-29-39-65-66-40-30-58(50-68(66)77(67(65)49-57)78(79(83)85-11-5)80(84)86-12-6)56-27-33-60(34-28-56)82-71-43-37-63(89-47-23-19-15-9-3)53-75(71)92-76-54-64(38-44-72(76)82)90-48-24-20-16-10-4/h25-44,49-54H,7-24,45-48H2,1-6H3. The molecule has 0 bridgehead atoms. The number of nitrogens with zero attached hydrogens (tertiary/aromatic N) is 2. The highest BCUT2D eigenvalue weighted by molar-refractivity contribution is 7.99. The minimum absolute atomic E-state index is 0.0838. The van der Waals surface area contributed by atoms with E-state index in [1.807, 2.05) is 24.3 Å². The summed E-state index contributed by atoms with van der Waals surface area (Å²) in [4.78, 5) is 35.3. The van der Waals surface area contributed by atoms with E-state index in [9.17, 15) is 9.59 Å². The van der Waals surface area contributed by atoms with E-state index in [2.05, 4.69) is 171 Å². The van der Waals surface area contributed by atoms with Gasteiger partial charge in [-0.1, -0.05) is 165 Å². The number of carbonyl (C=O) groups excluding carboxylic acids is 2. The first-order valence-corrected chi connectivity index (χ1v) is 34.7. The molecule has 0 amide bonds. The van der Waals surface area contributed by atoms with Crippen LogP contribution in [-0.4, -0.2) is 51.6 Å². The Bertz CT molecular complexity index is 3500. The third-order valence-corrected chi connectivity index (χ3v) is 18.3. The molecule has 2 aliphatic heterocycles. The molecule has 11 nitrogen and oxygen atoms in total. The molecular weight excluding hydrogens is 1160 g/mol. The normalized spacial score (nSPS) is 12.4. The van der Waals surface area contributed by atoms with Crippen LogP contribution in [-0.2, 0) is 19.1 Å². The van der Waals surface area contributed by atoms with Crippen molar-refractivity contribution < 1.29 is 42.7 Å². The minimum Gasteiger partial charge on any atom is -0.494 e. The smallest absolute Gasteiger partial charge is 0.346 e. The number of hydrogen-bond donors (Lipinski definition) is 0. The van der Waals surface area contributed by atoms with Crippen molar-refractivity contribution >= 4 is 63.4 Å². The molecule has 0 radical (unpaired) electrons. The second kappa shape index (κ2) is 31.6. The van der Waals surface area contributed by atoms with Crippen LogP contribution in [0.3, 0.4) is 0 Å². The number of carbonyl (C=O) groups is 2. The zero-order valence-corrected chi connectivity index (χ0v) is 55.4. The second-order valence-corrected chi connectivity index (χ2v) is 24.9. The molecule has 0 saturated carbocycles. The largest absolute Gasteiger partial charge is 0.494 e. The molecule has 478 valence electrons. The van der Waals surface area contributed by atoms with Crippen molar-refractivity contribution in [3.63, 3.8) is 0 Å². The Morgan fingerprint density at radius 1 is 0.359 bits per heavy atom. The van der Waals surface area contributed by atoms with Gasteiger partial charge in [0.2, 0.25) is 0 Å². The molecule has 2 heterocycles. The molecule has 0 N–H and O–H groups in total. The number of anilines is 6. The highest BCUT2D eigenvalue weighted by atomic mass is 32.2. The van der Waals surface area contributed by atoms with Gasteiger partial charge in [0.15, 0.2) is 17.1 Å². The Morgan fingerprint density at radius 3 is 1.08 bits per heavy atom. The van der Waals surface area contributed by atoms with E-state index < -0.39 is 11.9 Å². The highest BCUT2D eigenvalue weighted by Gasteiger charge is 2.35. The summed E-state index contributed by atoms with van der Waals surface area (Å²) in [5, 5.41) is 0. The lowest BCUT2D eigenvalue weighted by atomic mass is 9.93. The Balaban J connectivity index is 0.911. The summed E-state index contributed by atoms with van der Waals surface area (Å²) in [6.45, 7) is 15.2. The van der Waals surface area contributed by atoms with Crippen molar-refractivity contribution in [3.05, 3.63) is 174 Å². The summed E-state index contributed by atoms with van der Waals surface area (Å²) >= 11 is 1.75. The maximum atomic E-state index is 14.3. The second-order valence-electron chi connectivity index (χ2n) is 23.8. The monoisotopic (exact) mass is 1250 g/mol. The SMILES string of the molecule is CCCCCCOc1ccc2c(c1)Oc1cc(OCCCCCC)ccc1N2c1ccc(-c2ccc3c(c2)C(=C(C(=O)OCC)C(=O)OCC)c2cc(-c4ccc(N5c6ccc(OCCCCCC)cc6Sc6cc(OCCCCCC)ccc65)cc4)ccc2-3)cc1. The molecule has 0 atom stereocenters. The zero-order valence-electron chi connectivity index (χ0n) is 54.5. The zero-order chi connectivity index (χ0) is 63.8. The number of ether oxygens (including phenoxy) is 7. The fraction of sp³-hybridized carbons (Fsp3) is 0.350. The summed E-state index contributed by atoms with van der Waals surface area (Å²) in [7, 11) is 0. The first kappa shape index (κ1) is 64.9. The maximum absolute atomic E-state index is 14.3. The van der Waals surface area contributed by atoms with Gasteiger partial charge in [-0.05, 0) is 181 Å². The van der Waals surface area contributed by atoms with Gasteiger partial charge >= 0.3 is 11.9 Å². The summed E-state index contributed by atoms with van der Waals surface area (Å²) in [5.74, 6) is 3.19. The van der Waals surface area contributed by atoms with Crippen molar-refractivity contribution in [3.8, 4) is 67.9 Å². The number of benzene rings is 8. The van der Waals surface area contributed by atoms with Crippen LogP contribution in [0.25, 0.3) is 39.0 Å². The lowest BCUT2D eigenvalue weighted by Crippen LogP contribution is -2.20. The number of esters is 2. The van der Waals surface area contributed by atoms with E-state index in [0.717, 1.165) is 163 Å². The van der Waals surface area contributed by atoms with Crippen molar-refractivity contribution in [2.75, 3.05) is 49.4 Å². The van der Waals surface area contributed by atoms with Crippen LogP contribution in [0.5, 0.6) is 34.5 Å². The fourth-order valence-electron chi connectivity index (χ4n) is 12.4. The van der Waals surface area contributed by atoms with E-state index >= 15 is 0 Å². The van der Waals surface area contributed by atoms with Gasteiger partial charge in [-0.15, -0.1) is 0 Å². The molecule has 0 fully saturated rings. The van der Waals surface area contributed by atoms with E-state index in [1.54, 1.807) is 25.6 Å². The lowest BCUT2D eigenvalue weighted by molar-refractivity contribution is -0.146. The lowest BCUT2D eigenvalue weighted by Gasteiger charge is -2.33. The van der Waals surface area contributed by atoms with Crippen LogP contribution in [0.4, 0.5) is 34.1 Å². The number of fused-ring (bicyclic) bond motifs is 7. The quantitative estimate of drug-likeness (QED) is 0.0132. The predicted molar refractivity (Wildman–Crippen MR) is 374 cm³/mol. The molecule has 0 aromatic heterocycles. The Morgan fingerprint density at radius 2 is 0.707 bits per heavy atom. The minimum atomic E-state index is -0.733. The van der Waals surface area contributed by atoms with E-state index in [0.29, 0.717) is 43.5 Å². The fourth-order valence-corrected chi connectivity index (χ4v) is 13.5. The van der Waals surface area contributed by atoms with Gasteiger partial charge in [0, 0.05) is 38.9 Å². The Hall–Kier alpha value is -8.61. The highest BCUT2D eigenvalue weighted by Crippen LogP contribution is 2.56. The van der Waals surface area contributed by atoms with Crippen LogP contribution in [0.1, 0.15) is 155 Å². The average Bonchev–Trinajstić information content (AvgIpc) is 1.46. The summed E-state index contributed by atoms with van der Waals surface area (Å²) in [5.41, 5.74) is 13.2. The van der Waals surface area contributed by atoms with Gasteiger partial charge in [0.25, 0.3) is 0 Å². The number of unbranched alkanes of at least 4 members (excludes halogenated alkanes) is 12. The summed E-state index contributed by atoms with van der Waals surface area (Å²) in [6, 6.07) is 54.6. The molecule has 8 aromatic rings. The molecule has 0 unspecified atom stereocenters. The summed E-state index contributed by atoms with van der Waals surface area (Å²) in [6.07, 6.45) is 18.1. The van der Waals surface area contributed by atoms with Crippen molar-refractivity contribution in [1.82, 2.24) is 0 Å². The van der Waals surface area contributed by atoms with Gasteiger partial charge in [-0.2, -0.15) is 0 Å². The third kappa shape index (κ3) is 15.0. The van der Waals surface area contributed by atoms with Crippen LogP contribution in [0.2, 0.25) is 0 Å². The van der Waals surface area contributed by atoms with Gasteiger partial charge in [-0.3, -0.25) is 0 Å². The summed E-state index contributed by atoms with van der Waals surface area (Å²) < 4.78 is 43.2. The van der Waals surface area contributed by atoms with Crippen LogP contribution >= 0.6 is 11.8 Å². The van der Waals surface area contributed by atoms with Gasteiger partial charge < -0.3 is 43.0 Å². The molecule has 0 spiro atoms. The first-order valence-electron chi connectivity index (χ1n) is 33.8. The Labute approximate surface area is 549 Å². The number of rotatable bonds is 32. The molecule has 0 saturated heterocycles. The topological polar surface area (TPSA) is 105 Å².